The molecule has 2 amide bonds. The monoisotopic (exact) mass is 492 g/mol. The van der Waals surface area contributed by atoms with E-state index in [-0.39, 0.29) is 12.7 Å². The van der Waals surface area contributed by atoms with Gasteiger partial charge in [0.25, 0.3) is 0 Å². The summed E-state index contributed by atoms with van der Waals surface area (Å²) in [4.78, 5) is 33.0. The number of benzene rings is 2. The summed E-state index contributed by atoms with van der Waals surface area (Å²) in [5.41, 5.74) is 0.977. The van der Waals surface area contributed by atoms with Crippen LogP contribution in [0.15, 0.2) is 71.4 Å². The molecule has 0 radical (unpaired) electrons. The van der Waals surface area contributed by atoms with Gasteiger partial charge in [0.05, 0.1) is 18.6 Å². The summed E-state index contributed by atoms with van der Waals surface area (Å²) < 4.78 is 15.9. The molecule has 1 heterocycles. The molecule has 3 rings (SSSR count). The lowest BCUT2D eigenvalue weighted by molar-refractivity contribution is -0.133. The summed E-state index contributed by atoms with van der Waals surface area (Å²) in [5.74, 6) is -0.860. The van der Waals surface area contributed by atoms with Crippen LogP contribution in [0.25, 0.3) is 10.8 Å². The van der Waals surface area contributed by atoms with Crippen molar-refractivity contribution in [1.82, 2.24) is 4.90 Å². The van der Waals surface area contributed by atoms with E-state index in [1.807, 2.05) is 61.5 Å². The number of amides is 2. The predicted octanol–water partition coefficient (Wildman–Crippen LogP) is 6.00. The van der Waals surface area contributed by atoms with E-state index in [0.29, 0.717) is 19.4 Å². The Labute approximate surface area is 213 Å². The lowest BCUT2D eigenvalue weighted by Gasteiger charge is -2.35. The van der Waals surface area contributed by atoms with Gasteiger partial charge in [-0.2, -0.15) is 0 Å². The van der Waals surface area contributed by atoms with Crippen molar-refractivity contribution >= 4 is 29.0 Å². The van der Waals surface area contributed by atoms with E-state index in [0.717, 1.165) is 21.9 Å². The molecular weight excluding hydrogens is 456 g/mol. The first kappa shape index (κ1) is 27.3. The van der Waals surface area contributed by atoms with Crippen molar-refractivity contribution in [3.8, 4) is 0 Å². The highest BCUT2D eigenvalue weighted by Crippen LogP contribution is 2.31. The van der Waals surface area contributed by atoms with Gasteiger partial charge in [-0.3, -0.25) is 9.79 Å². The molecule has 1 aliphatic rings. The van der Waals surface area contributed by atoms with E-state index in [1.165, 1.54) is 4.90 Å². The molecule has 0 N–H and O–H groups in total. The summed E-state index contributed by atoms with van der Waals surface area (Å²) in [6.45, 7) is 7.85. The van der Waals surface area contributed by atoms with E-state index in [1.54, 1.807) is 40.3 Å². The number of fused-ring (bicyclic) bond motifs is 1. The third kappa shape index (κ3) is 7.12. The number of ether oxygens (including phenoxy) is 3. The number of carbonyl (C=O) groups excluding carboxylic acids is 2. The first-order valence-electron chi connectivity index (χ1n) is 12.2. The number of allylic oxidation sites excluding steroid dienone is 1. The second kappa shape index (κ2) is 12.6. The van der Waals surface area contributed by atoms with E-state index < -0.39 is 23.7 Å². The largest absolute Gasteiger partial charge is 0.443 e. The van der Waals surface area contributed by atoms with Crippen molar-refractivity contribution in [2.45, 2.75) is 58.1 Å². The summed E-state index contributed by atoms with van der Waals surface area (Å²) in [6.07, 6.45) is 7.57. The van der Waals surface area contributed by atoms with Crippen LogP contribution in [-0.4, -0.2) is 55.3 Å². The molecule has 0 aromatic heterocycles. The number of rotatable bonds is 9. The Bertz CT molecular complexity index is 1140. The Morgan fingerprint density at radius 2 is 1.89 bits per heavy atom. The third-order valence-corrected chi connectivity index (χ3v) is 5.84. The SMILES string of the molecule is COCOC/C=C\CC1=CN=CCC1N(C(=O)OC(C)(C)C)C(=O)C(C)c1cccc2ccccc12. The molecule has 0 aliphatic carbocycles. The molecule has 36 heavy (non-hydrogen) atoms. The first-order valence-corrected chi connectivity index (χ1v) is 12.2. The number of aliphatic imine (C=N–C) groups is 1. The lowest BCUT2D eigenvalue weighted by Crippen LogP contribution is -2.49. The summed E-state index contributed by atoms with van der Waals surface area (Å²) in [7, 11) is 1.57. The fourth-order valence-corrected chi connectivity index (χ4v) is 4.15. The molecule has 2 aromatic carbocycles. The van der Waals surface area contributed by atoms with Crippen LogP contribution in [0.4, 0.5) is 4.79 Å². The number of carbonyl (C=O) groups is 2. The van der Waals surface area contributed by atoms with Crippen LogP contribution in [-0.2, 0) is 19.0 Å². The number of nitrogens with zero attached hydrogens (tertiary/aromatic N) is 2. The van der Waals surface area contributed by atoms with E-state index in [2.05, 4.69) is 4.99 Å². The van der Waals surface area contributed by atoms with Crippen LogP contribution in [0.2, 0.25) is 0 Å². The maximum absolute atomic E-state index is 14.0. The molecule has 2 atom stereocenters. The summed E-state index contributed by atoms with van der Waals surface area (Å²) in [5, 5.41) is 2.04. The zero-order valence-electron chi connectivity index (χ0n) is 21.8. The van der Waals surface area contributed by atoms with Crippen molar-refractivity contribution in [1.29, 1.82) is 0 Å². The second-order valence-corrected chi connectivity index (χ2v) is 9.72. The Kier molecular flexibility index (Phi) is 9.56. The Hall–Kier alpha value is -3.29. The molecule has 7 nitrogen and oxygen atoms in total. The van der Waals surface area contributed by atoms with E-state index >= 15 is 0 Å². The summed E-state index contributed by atoms with van der Waals surface area (Å²) >= 11 is 0. The zero-order valence-corrected chi connectivity index (χ0v) is 21.8. The highest BCUT2D eigenvalue weighted by Gasteiger charge is 2.38. The average Bonchev–Trinajstić information content (AvgIpc) is 2.85. The molecule has 192 valence electrons. The van der Waals surface area contributed by atoms with Gasteiger partial charge in [-0.1, -0.05) is 54.6 Å². The Morgan fingerprint density at radius 1 is 1.14 bits per heavy atom. The topological polar surface area (TPSA) is 77.4 Å². The van der Waals surface area contributed by atoms with Gasteiger partial charge in [0, 0.05) is 25.9 Å². The van der Waals surface area contributed by atoms with E-state index in [4.69, 9.17) is 14.2 Å². The fourth-order valence-electron chi connectivity index (χ4n) is 4.15. The standard InChI is InChI=1S/C29H36N2O5/c1-21(24-15-10-13-22-11-6-7-14-25(22)24)27(32)31(28(33)36-29(2,3)4)26-16-17-30-19-23(26)12-8-9-18-35-20-34-5/h6-11,13-15,17,19,21,26H,12,16,18,20H2,1-5H3/b9-8-. The van der Waals surface area contributed by atoms with Gasteiger partial charge >= 0.3 is 6.09 Å². The van der Waals surface area contributed by atoms with Crippen molar-refractivity contribution in [3.63, 3.8) is 0 Å². The number of hydrogen-bond acceptors (Lipinski definition) is 6. The van der Waals surface area contributed by atoms with Gasteiger partial charge in [0.15, 0.2) is 0 Å². The normalized spacial score (nSPS) is 16.7. The molecule has 0 bridgehead atoms. The molecule has 2 unspecified atom stereocenters. The highest BCUT2D eigenvalue weighted by molar-refractivity contribution is 5.99. The number of imide groups is 1. The number of methoxy groups -OCH3 is 1. The molecule has 2 aromatic rings. The van der Waals surface area contributed by atoms with Crippen LogP contribution in [0, 0.1) is 0 Å². The van der Waals surface area contributed by atoms with Crippen LogP contribution < -0.4 is 0 Å². The van der Waals surface area contributed by atoms with Crippen LogP contribution >= 0.6 is 0 Å². The molecule has 7 heteroatoms. The van der Waals surface area contributed by atoms with Gasteiger partial charge in [-0.25, -0.2) is 9.69 Å². The molecule has 0 fully saturated rings. The number of hydrogen-bond donors (Lipinski definition) is 0. The Morgan fingerprint density at radius 3 is 2.64 bits per heavy atom. The van der Waals surface area contributed by atoms with Crippen molar-refractivity contribution in [2.75, 3.05) is 20.5 Å². The molecular formula is C29H36N2O5. The fraction of sp³-hybridized carbons (Fsp3) is 0.414. The highest BCUT2D eigenvalue weighted by atomic mass is 16.7. The third-order valence-electron chi connectivity index (χ3n) is 5.84. The smallest absolute Gasteiger partial charge is 0.417 e. The van der Waals surface area contributed by atoms with Gasteiger partial charge in [-0.15, -0.1) is 0 Å². The van der Waals surface area contributed by atoms with Gasteiger partial charge in [-0.05, 0) is 56.0 Å². The molecule has 0 spiro atoms. The zero-order chi connectivity index (χ0) is 26.1. The van der Waals surface area contributed by atoms with Crippen molar-refractivity contribution in [3.05, 3.63) is 72.0 Å². The van der Waals surface area contributed by atoms with E-state index in [9.17, 15) is 9.59 Å². The van der Waals surface area contributed by atoms with Crippen molar-refractivity contribution in [2.24, 2.45) is 4.99 Å². The Balaban J connectivity index is 1.91. The minimum absolute atomic E-state index is 0.215. The maximum Gasteiger partial charge on any atom is 0.417 e. The minimum Gasteiger partial charge on any atom is -0.443 e. The van der Waals surface area contributed by atoms with Crippen LogP contribution in [0.5, 0.6) is 0 Å². The van der Waals surface area contributed by atoms with Gasteiger partial charge in [0.2, 0.25) is 5.91 Å². The molecule has 0 saturated heterocycles. The van der Waals surface area contributed by atoms with Crippen molar-refractivity contribution < 1.29 is 23.8 Å². The quantitative estimate of drug-likeness (QED) is 0.244. The van der Waals surface area contributed by atoms with Crippen LogP contribution in [0.1, 0.15) is 52.0 Å². The predicted molar refractivity (Wildman–Crippen MR) is 142 cm³/mol. The maximum atomic E-state index is 14.0. The van der Waals surface area contributed by atoms with Gasteiger partial charge in [0.1, 0.15) is 12.4 Å². The summed E-state index contributed by atoms with van der Waals surface area (Å²) in [6, 6.07) is 13.3. The van der Waals surface area contributed by atoms with Gasteiger partial charge < -0.3 is 14.2 Å². The molecule has 1 aliphatic heterocycles. The molecule has 0 saturated carbocycles. The van der Waals surface area contributed by atoms with Crippen LogP contribution in [0.3, 0.4) is 0 Å². The second-order valence-electron chi connectivity index (χ2n) is 9.72. The lowest BCUT2D eigenvalue weighted by atomic mass is 9.92. The minimum atomic E-state index is -0.747. The first-order chi connectivity index (χ1) is 17.2. The average molecular weight is 493 g/mol.